The average Bonchev–Trinajstić information content (AvgIpc) is 2.77. The molecule has 0 radical (unpaired) electrons. The Kier molecular flexibility index (Phi) is 4.66. The van der Waals surface area contributed by atoms with Crippen LogP contribution in [-0.4, -0.2) is 27.5 Å². The average molecular weight is 251 g/mol. The minimum atomic E-state index is 0.578. The Morgan fingerprint density at radius 3 is 3.06 bits per heavy atom. The Bertz CT molecular complexity index is 356. The molecule has 1 aromatic heterocycles. The molecule has 0 bridgehead atoms. The van der Waals surface area contributed by atoms with Gasteiger partial charge < -0.3 is 5.32 Å². The fourth-order valence-electron chi connectivity index (χ4n) is 2.43. The zero-order valence-electron chi connectivity index (χ0n) is 10.6. The maximum atomic E-state index is 4.32. The van der Waals surface area contributed by atoms with E-state index < -0.39 is 0 Å². The lowest BCUT2D eigenvalue weighted by Crippen LogP contribution is -2.26. The number of anilines is 1. The first-order valence-electron chi connectivity index (χ1n) is 6.43. The monoisotopic (exact) mass is 251 g/mol. The maximum Gasteiger partial charge on any atom is 0.129 e. The summed E-state index contributed by atoms with van der Waals surface area (Å²) >= 11 is 1.97. The molecule has 17 heavy (non-hydrogen) atoms. The van der Waals surface area contributed by atoms with Crippen LogP contribution in [0.4, 0.5) is 5.82 Å². The van der Waals surface area contributed by atoms with Crippen molar-refractivity contribution in [2.45, 2.75) is 50.3 Å². The summed E-state index contributed by atoms with van der Waals surface area (Å²) in [6, 6.07) is 2.67. The first kappa shape index (κ1) is 12.7. The molecule has 1 saturated carbocycles. The Morgan fingerprint density at radius 1 is 1.41 bits per heavy atom. The molecule has 0 saturated heterocycles. The van der Waals surface area contributed by atoms with Crippen molar-refractivity contribution in [2.75, 3.05) is 11.6 Å². The van der Waals surface area contributed by atoms with E-state index in [0.29, 0.717) is 6.04 Å². The van der Waals surface area contributed by atoms with E-state index in [9.17, 15) is 0 Å². The highest BCUT2D eigenvalue weighted by Gasteiger charge is 2.26. The van der Waals surface area contributed by atoms with Crippen molar-refractivity contribution in [3.63, 3.8) is 0 Å². The fourth-order valence-corrected chi connectivity index (χ4v) is 3.37. The van der Waals surface area contributed by atoms with Gasteiger partial charge in [0.1, 0.15) is 12.1 Å². The van der Waals surface area contributed by atoms with Gasteiger partial charge in [-0.15, -0.1) is 0 Å². The van der Waals surface area contributed by atoms with Crippen molar-refractivity contribution < 1.29 is 0 Å². The molecule has 2 atom stereocenters. The maximum absolute atomic E-state index is 4.32. The largest absolute Gasteiger partial charge is 0.366 e. The fraction of sp³-hybridized carbons (Fsp3) is 0.692. The molecule has 0 aliphatic heterocycles. The van der Waals surface area contributed by atoms with Gasteiger partial charge >= 0.3 is 0 Å². The van der Waals surface area contributed by atoms with Gasteiger partial charge in [0.05, 0.1) is 0 Å². The lowest BCUT2D eigenvalue weighted by atomic mass is 10.2. The van der Waals surface area contributed by atoms with Gasteiger partial charge in [-0.1, -0.05) is 19.8 Å². The highest BCUT2D eigenvalue weighted by molar-refractivity contribution is 7.99. The first-order valence-corrected chi connectivity index (χ1v) is 7.72. The first-order chi connectivity index (χ1) is 8.33. The normalized spacial score (nSPS) is 23.9. The Hall–Kier alpha value is -0.770. The van der Waals surface area contributed by atoms with Crippen LogP contribution in [0.1, 0.15) is 38.3 Å². The molecule has 1 N–H and O–H groups in total. The van der Waals surface area contributed by atoms with Crippen LogP contribution in [-0.2, 0) is 6.42 Å². The van der Waals surface area contributed by atoms with Crippen LogP contribution < -0.4 is 5.32 Å². The van der Waals surface area contributed by atoms with Crippen molar-refractivity contribution in [3.05, 3.63) is 18.1 Å². The second kappa shape index (κ2) is 6.24. The standard InChI is InChI=1S/C13H21N3S/c1-3-5-10-8-13(15-9-14-10)16-11-6-4-7-12(11)17-2/h8-9,11-12H,3-7H2,1-2H3,(H,14,15,16). The summed E-state index contributed by atoms with van der Waals surface area (Å²) in [5, 5.41) is 4.30. The Morgan fingerprint density at radius 2 is 2.29 bits per heavy atom. The lowest BCUT2D eigenvalue weighted by molar-refractivity contribution is 0.760. The van der Waals surface area contributed by atoms with Crippen molar-refractivity contribution in [1.29, 1.82) is 0 Å². The number of nitrogens with zero attached hydrogens (tertiary/aromatic N) is 2. The molecule has 2 rings (SSSR count). The molecular weight excluding hydrogens is 230 g/mol. The number of aryl methyl sites for hydroxylation is 1. The van der Waals surface area contributed by atoms with E-state index in [4.69, 9.17) is 0 Å². The summed E-state index contributed by atoms with van der Waals surface area (Å²) in [6.07, 6.45) is 9.96. The van der Waals surface area contributed by atoms with E-state index >= 15 is 0 Å². The molecule has 1 aliphatic carbocycles. The van der Waals surface area contributed by atoms with Crippen molar-refractivity contribution >= 4 is 17.6 Å². The zero-order chi connectivity index (χ0) is 12.1. The summed E-state index contributed by atoms with van der Waals surface area (Å²) < 4.78 is 0. The van der Waals surface area contributed by atoms with Gasteiger partial charge in [-0.3, -0.25) is 0 Å². The molecular formula is C13H21N3S. The Labute approximate surface area is 108 Å². The zero-order valence-corrected chi connectivity index (χ0v) is 11.5. The highest BCUT2D eigenvalue weighted by atomic mass is 32.2. The van der Waals surface area contributed by atoms with E-state index in [1.54, 1.807) is 6.33 Å². The van der Waals surface area contributed by atoms with E-state index in [2.05, 4.69) is 34.5 Å². The van der Waals surface area contributed by atoms with E-state index in [1.165, 1.54) is 19.3 Å². The highest BCUT2D eigenvalue weighted by Crippen LogP contribution is 2.30. The number of hydrogen-bond donors (Lipinski definition) is 1. The third kappa shape index (κ3) is 3.35. The smallest absolute Gasteiger partial charge is 0.129 e. The number of rotatable bonds is 5. The molecule has 2 unspecified atom stereocenters. The van der Waals surface area contributed by atoms with Crippen LogP contribution in [0.25, 0.3) is 0 Å². The predicted octanol–water partition coefficient (Wildman–Crippen LogP) is 3.13. The molecule has 1 fully saturated rings. The molecule has 0 aromatic carbocycles. The molecule has 1 heterocycles. The topological polar surface area (TPSA) is 37.8 Å². The number of nitrogens with one attached hydrogen (secondary N) is 1. The SMILES string of the molecule is CCCc1cc(NC2CCCC2SC)ncn1. The lowest BCUT2D eigenvalue weighted by Gasteiger charge is -2.19. The summed E-state index contributed by atoms with van der Waals surface area (Å²) in [7, 11) is 0. The van der Waals surface area contributed by atoms with Crippen LogP contribution in [0.15, 0.2) is 12.4 Å². The number of hydrogen-bond acceptors (Lipinski definition) is 4. The van der Waals surface area contributed by atoms with Gasteiger partial charge in [0.25, 0.3) is 0 Å². The van der Waals surface area contributed by atoms with E-state index in [1.807, 2.05) is 11.8 Å². The third-order valence-electron chi connectivity index (χ3n) is 3.32. The molecule has 0 spiro atoms. The molecule has 1 aromatic rings. The minimum absolute atomic E-state index is 0.578. The molecule has 4 heteroatoms. The molecule has 0 amide bonds. The second-order valence-corrected chi connectivity index (χ2v) is 5.68. The summed E-state index contributed by atoms with van der Waals surface area (Å²) in [6.45, 7) is 2.18. The van der Waals surface area contributed by atoms with Gasteiger partial charge in [-0.25, -0.2) is 9.97 Å². The molecule has 1 aliphatic rings. The van der Waals surface area contributed by atoms with Crippen molar-refractivity contribution in [3.8, 4) is 0 Å². The Balaban J connectivity index is 2.00. The van der Waals surface area contributed by atoms with Crippen LogP contribution in [0.5, 0.6) is 0 Å². The predicted molar refractivity (Wildman–Crippen MR) is 74.6 cm³/mol. The van der Waals surface area contributed by atoms with E-state index in [-0.39, 0.29) is 0 Å². The van der Waals surface area contributed by atoms with Crippen molar-refractivity contribution in [1.82, 2.24) is 9.97 Å². The van der Waals surface area contributed by atoms with Gasteiger partial charge in [0, 0.05) is 23.1 Å². The number of aromatic nitrogens is 2. The summed E-state index contributed by atoms with van der Waals surface area (Å²) in [4.78, 5) is 8.61. The summed E-state index contributed by atoms with van der Waals surface area (Å²) in [5.74, 6) is 0.995. The second-order valence-electron chi connectivity index (χ2n) is 4.60. The van der Waals surface area contributed by atoms with Gasteiger partial charge in [-0.2, -0.15) is 11.8 Å². The van der Waals surface area contributed by atoms with Crippen LogP contribution >= 0.6 is 11.8 Å². The van der Waals surface area contributed by atoms with Crippen LogP contribution in [0.3, 0.4) is 0 Å². The van der Waals surface area contributed by atoms with Gasteiger partial charge in [-0.05, 0) is 25.5 Å². The number of thioether (sulfide) groups is 1. The van der Waals surface area contributed by atoms with E-state index in [0.717, 1.165) is 29.6 Å². The quantitative estimate of drug-likeness (QED) is 0.872. The van der Waals surface area contributed by atoms with Crippen LogP contribution in [0.2, 0.25) is 0 Å². The van der Waals surface area contributed by atoms with Gasteiger partial charge in [0.15, 0.2) is 0 Å². The molecule has 3 nitrogen and oxygen atoms in total. The summed E-state index contributed by atoms with van der Waals surface area (Å²) in [5.41, 5.74) is 1.14. The minimum Gasteiger partial charge on any atom is -0.366 e. The van der Waals surface area contributed by atoms with Gasteiger partial charge in [0.2, 0.25) is 0 Å². The third-order valence-corrected chi connectivity index (χ3v) is 4.49. The van der Waals surface area contributed by atoms with Crippen molar-refractivity contribution in [2.24, 2.45) is 0 Å². The molecule has 94 valence electrons. The van der Waals surface area contributed by atoms with Crippen LogP contribution in [0, 0.1) is 0 Å².